The predicted molar refractivity (Wildman–Crippen MR) is 88.2 cm³/mol. The molecule has 21 heavy (non-hydrogen) atoms. The number of thioether (sulfide) groups is 1. The molecule has 0 N–H and O–H groups in total. The summed E-state index contributed by atoms with van der Waals surface area (Å²) in [5.41, 5.74) is 2.14. The average molecular weight is 361 g/mol. The second kappa shape index (κ2) is 6.45. The molecule has 5 heteroatoms. The van der Waals surface area contributed by atoms with Crippen molar-refractivity contribution in [3.05, 3.63) is 64.5 Å². The molecular formula is C16H13BrN2OS. The van der Waals surface area contributed by atoms with E-state index in [2.05, 4.69) is 38.3 Å². The Labute approximate surface area is 135 Å². The molecule has 3 aromatic rings. The van der Waals surface area contributed by atoms with E-state index in [0.29, 0.717) is 17.5 Å². The first kappa shape index (κ1) is 14.4. The summed E-state index contributed by atoms with van der Waals surface area (Å²) in [6.45, 7) is 2.05. The lowest BCUT2D eigenvalue weighted by Gasteiger charge is -1.98. The summed E-state index contributed by atoms with van der Waals surface area (Å²) < 4.78 is 6.79. The van der Waals surface area contributed by atoms with Crippen LogP contribution < -0.4 is 0 Å². The summed E-state index contributed by atoms with van der Waals surface area (Å²) in [6, 6.07) is 16.2. The van der Waals surface area contributed by atoms with Gasteiger partial charge < -0.3 is 4.42 Å². The lowest BCUT2D eigenvalue weighted by atomic mass is 10.1. The third kappa shape index (κ3) is 3.74. The van der Waals surface area contributed by atoms with Gasteiger partial charge in [0.2, 0.25) is 11.8 Å². The summed E-state index contributed by atoms with van der Waals surface area (Å²) in [4.78, 5) is 1.17. The largest absolute Gasteiger partial charge is 0.420 e. The van der Waals surface area contributed by atoms with Gasteiger partial charge in [0, 0.05) is 14.9 Å². The van der Waals surface area contributed by atoms with Crippen LogP contribution in [-0.2, 0) is 5.75 Å². The Bertz CT molecular complexity index is 740. The maximum atomic E-state index is 5.72. The first-order valence-corrected chi connectivity index (χ1v) is 8.26. The van der Waals surface area contributed by atoms with Crippen molar-refractivity contribution < 1.29 is 4.42 Å². The molecule has 0 fully saturated rings. The first-order chi connectivity index (χ1) is 10.2. The molecule has 0 aliphatic rings. The molecule has 3 nitrogen and oxygen atoms in total. The molecular weight excluding hydrogens is 348 g/mol. The van der Waals surface area contributed by atoms with Crippen molar-refractivity contribution in [3.63, 3.8) is 0 Å². The van der Waals surface area contributed by atoms with Crippen molar-refractivity contribution in [1.29, 1.82) is 0 Å². The average Bonchev–Trinajstić information content (AvgIpc) is 2.96. The molecule has 0 amide bonds. The van der Waals surface area contributed by atoms with Crippen LogP contribution in [0, 0.1) is 6.92 Å². The minimum Gasteiger partial charge on any atom is -0.420 e. The van der Waals surface area contributed by atoms with E-state index in [0.717, 1.165) is 10.0 Å². The van der Waals surface area contributed by atoms with Crippen LogP contribution in [0.25, 0.3) is 11.5 Å². The van der Waals surface area contributed by atoms with E-state index in [-0.39, 0.29) is 0 Å². The number of hydrogen-bond donors (Lipinski definition) is 0. The number of nitrogens with zero attached hydrogens (tertiary/aromatic N) is 2. The first-order valence-electron chi connectivity index (χ1n) is 6.48. The summed E-state index contributed by atoms with van der Waals surface area (Å²) in [5, 5.41) is 8.22. The van der Waals surface area contributed by atoms with Gasteiger partial charge in [0.25, 0.3) is 0 Å². The number of halogens is 1. The quantitative estimate of drug-likeness (QED) is 0.606. The second-order valence-electron chi connectivity index (χ2n) is 4.61. The molecule has 0 saturated heterocycles. The Morgan fingerprint density at radius 1 is 1.10 bits per heavy atom. The van der Waals surface area contributed by atoms with Crippen LogP contribution in [0.1, 0.15) is 11.5 Å². The molecule has 2 aromatic carbocycles. The molecule has 0 aliphatic carbocycles. The standard InChI is InChI=1S/C16H13BrN2OS/c1-11-3-2-4-12(9-11)16-19-18-15(20-16)10-21-14-7-5-13(17)6-8-14/h2-9H,10H2,1H3. The van der Waals surface area contributed by atoms with Gasteiger partial charge in [-0.3, -0.25) is 0 Å². The molecule has 0 saturated carbocycles. The van der Waals surface area contributed by atoms with E-state index in [1.807, 2.05) is 43.3 Å². The van der Waals surface area contributed by atoms with E-state index in [1.54, 1.807) is 11.8 Å². The SMILES string of the molecule is Cc1cccc(-c2nnc(CSc3ccc(Br)cc3)o2)c1. The third-order valence-corrected chi connectivity index (χ3v) is 4.43. The van der Waals surface area contributed by atoms with Gasteiger partial charge in [-0.1, -0.05) is 33.6 Å². The topological polar surface area (TPSA) is 38.9 Å². The minimum atomic E-state index is 0.574. The zero-order valence-corrected chi connectivity index (χ0v) is 13.8. The number of aryl methyl sites for hydroxylation is 1. The van der Waals surface area contributed by atoms with E-state index in [4.69, 9.17) is 4.42 Å². The van der Waals surface area contributed by atoms with E-state index in [1.165, 1.54) is 10.5 Å². The molecule has 0 atom stereocenters. The van der Waals surface area contributed by atoms with Crippen LogP contribution in [0.3, 0.4) is 0 Å². The summed E-state index contributed by atoms with van der Waals surface area (Å²) in [7, 11) is 0. The van der Waals surface area contributed by atoms with Gasteiger partial charge in [0.1, 0.15) is 0 Å². The van der Waals surface area contributed by atoms with Gasteiger partial charge in [0.15, 0.2) is 0 Å². The summed E-state index contributed by atoms with van der Waals surface area (Å²) in [5.74, 6) is 1.88. The molecule has 1 aromatic heterocycles. The van der Waals surface area contributed by atoms with Crippen LogP contribution in [0.5, 0.6) is 0 Å². The van der Waals surface area contributed by atoms with E-state index in [9.17, 15) is 0 Å². The van der Waals surface area contributed by atoms with Crippen molar-refractivity contribution in [2.75, 3.05) is 0 Å². The fraction of sp³-hybridized carbons (Fsp3) is 0.125. The Balaban J connectivity index is 1.69. The zero-order chi connectivity index (χ0) is 14.7. The van der Waals surface area contributed by atoms with Crippen molar-refractivity contribution in [1.82, 2.24) is 10.2 Å². The fourth-order valence-electron chi connectivity index (χ4n) is 1.88. The Kier molecular flexibility index (Phi) is 4.41. The molecule has 0 unspecified atom stereocenters. The van der Waals surface area contributed by atoms with Gasteiger partial charge in [-0.05, 0) is 43.3 Å². The molecule has 1 heterocycles. The number of hydrogen-bond acceptors (Lipinski definition) is 4. The number of rotatable bonds is 4. The maximum absolute atomic E-state index is 5.72. The van der Waals surface area contributed by atoms with Crippen molar-refractivity contribution in [2.24, 2.45) is 0 Å². The van der Waals surface area contributed by atoms with Crippen molar-refractivity contribution >= 4 is 27.7 Å². The van der Waals surface area contributed by atoms with Gasteiger partial charge in [-0.15, -0.1) is 22.0 Å². The van der Waals surface area contributed by atoms with Crippen LogP contribution in [0.4, 0.5) is 0 Å². The monoisotopic (exact) mass is 360 g/mol. The fourth-order valence-corrected chi connectivity index (χ4v) is 2.88. The highest BCUT2D eigenvalue weighted by Crippen LogP contribution is 2.25. The predicted octanol–water partition coefficient (Wildman–Crippen LogP) is 5.10. The molecule has 0 aliphatic heterocycles. The summed E-state index contributed by atoms with van der Waals surface area (Å²) in [6.07, 6.45) is 0. The van der Waals surface area contributed by atoms with Gasteiger partial charge in [0.05, 0.1) is 5.75 Å². The maximum Gasteiger partial charge on any atom is 0.247 e. The van der Waals surface area contributed by atoms with E-state index >= 15 is 0 Å². The van der Waals surface area contributed by atoms with Gasteiger partial charge in [-0.2, -0.15) is 0 Å². The van der Waals surface area contributed by atoms with Crippen LogP contribution >= 0.6 is 27.7 Å². The summed E-state index contributed by atoms with van der Waals surface area (Å²) >= 11 is 5.10. The molecule has 0 radical (unpaired) electrons. The number of aromatic nitrogens is 2. The van der Waals surface area contributed by atoms with Crippen molar-refractivity contribution in [3.8, 4) is 11.5 Å². The molecule has 0 bridgehead atoms. The van der Waals surface area contributed by atoms with Crippen LogP contribution in [-0.4, -0.2) is 10.2 Å². The Morgan fingerprint density at radius 3 is 2.67 bits per heavy atom. The van der Waals surface area contributed by atoms with Gasteiger partial charge in [-0.25, -0.2) is 0 Å². The molecule has 106 valence electrons. The second-order valence-corrected chi connectivity index (χ2v) is 6.58. The Morgan fingerprint density at radius 2 is 1.90 bits per heavy atom. The van der Waals surface area contributed by atoms with Crippen molar-refractivity contribution in [2.45, 2.75) is 17.6 Å². The number of benzene rings is 2. The molecule has 0 spiro atoms. The third-order valence-electron chi connectivity index (χ3n) is 2.91. The van der Waals surface area contributed by atoms with Gasteiger partial charge >= 0.3 is 0 Å². The van der Waals surface area contributed by atoms with Crippen LogP contribution in [0.2, 0.25) is 0 Å². The minimum absolute atomic E-state index is 0.574. The zero-order valence-electron chi connectivity index (χ0n) is 11.4. The highest BCUT2D eigenvalue weighted by Gasteiger charge is 2.09. The lowest BCUT2D eigenvalue weighted by molar-refractivity contribution is 0.528. The highest BCUT2D eigenvalue weighted by molar-refractivity contribution is 9.10. The molecule has 3 rings (SSSR count). The lowest BCUT2D eigenvalue weighted by Crippen LogP contribution is -1.80. The normalized spacial score (nSPS) is 10.8. The smallest absolute Gasteiger partial charge is 0.247 e. The van der Waals surface area contributed by atoms with E-state index < -0.39 is 0 Å². The van der Waals surface area contributed by atoms with Crippen LogP contribution in [0.15, 0.2) is 62.3 Å². The Hall–Kier alpha value is -1.59. The highest BCUT2D eigenvalue weighted by atomic mass is 79.9.